The predicted octanol–water partition coefficient (Wildman–Crippen LogP) is 1.22. The molecule has 13 heteroatoms. The highest BCUT2D eigenvalue weighted by atomic mass is 16.5. The molecule has 0 aromatic heterocycles. The smallest absolute Gasteiger partial charge is 0.259 e. The molecule has 5 rings (SSSR count). The summed E-state index contributed by atoms with van der Waals surface area (Å²) in [4.78, 5) is 43.0. The number of aliphatic hydroxyl groups is 4. The molecule has 2 fully saturated rings. The lowest BCUT2D eigenvalue weighted by atomic mass is 9.54. The average Bonchev–Trinajstić information content (AvgIpc) is 2.92. The number of piperidine rings is 1. The van der Waals surface area contributed by atoms with E-state index < -0.39 is 86.0 Å². The molecule has 1 saturated carbocycles. The monoisotopic (exact) mass is 628 g/mol. The zero-order valence-electron chi connectivity index (χ0n) is 26.7. The molecule has 45 heavy (non-hydrogen) atoms. The molecule has 3 aliphatic carbocycles. The van der Waals surface area contributed by atoms with E-state index in [1.54, 1.807) is 14.1 Å². The highest BCUT2D eigenvalue weighted by Gasteiger charge is 2.66. The minimum absolute atomic E-state index is 0.111. The lowest BCUT2D eigenvalue weighted by Crippen LogP contribution is -2.67. The van der Waals surface area contributed by atoms with Gasteiger partial charge < -0.3 is 36.1 Å². The quantitative estimate of drug-likeness (QED) is 0.171. The van der Waals surface area contributed by atoms with Crippen LogP contribution in [0.15, 0.2) is 35.1 Å². The van der Waals surface area contributed by atoms with Gasteiger partial charge in [0.05, 0.1) is 23.9 Å². The molecule has 13 nitrogen and oxygen atoms in total. The first kappa shape index (κ1) is 33.0. The van der Waals surface area contributed by atoms with Crippen molar-refractivity contribution in [3.63, 3.8) is 0 Å². The first-order valence-corrected chi connectivity index (χ1v) is 15.1. The molecule has 246 valence electrons. The standard InChI is InChI=1S/C32H44N4O9/c1-29(2)12-15(13-30(3,4)36(29)45)33-14-34-28(42)22-25(39)23(35(6)7)18-11-17-21(26(40)32(18,44)27(22)41)24(38)20-16(31(17,5)43)9-8-10-19(20)37/h8-10,15,17-18,23,33,37-38,41,43-45H,11-14H2,1-7H3,(H,34,42)/t17?,18?,23-,31+,32?/m0/s1. The van der Waals surface area contributed by atoms with Crippen LogP contribution in [0, 0.1) is 11.8 Å². The first-order chi connectivity index (χ1) is 20.7. The average molecular weight is 629 g/mol. The lowest BCUT2D eigenvalue weighted by molar-refractivity contribution is -0.246. The summed E-state index contributed by atoms with van der Waals surface area (Å²) in [6, 6.07) is 2.91. The first-order valence-electron chi connectivity index (χ1n) is 15.1. The van der Waals surface area contributed by atoms with E-state index in [-0.39, 0.29) is 30.3 Å². The Morgan fingerprint density at radius 3 is 2.20 bits per heavy atom. The summed E-state index contributed by atoms with van der Waals surface area (Å²) in [6.45, 7) is 8.90. The Balaban J connectivity index is 1.50. The largest absolute Gasteiger partial charge is 0.508 e. The van der Waals surface area contributed by atoms with Crippen LogP contribution in [0.2, 0.25) is 0 Å². The van der Waals surface area contributed by atoms with Crippen LogP contribution in [0.4, 0.5) is 0 Å². The van der Waals surface area contributed by atoms with Crippen LogP contribution in [0.25, 0.3) is 5.76 Å². The lowest BCUT2D eigenvalue weighted by Gasteiger charge is -2.53. The zero-order valence-corrected chi connectivity index (χ0v) is 26.7. The van der Waals surface area contributed by atoms with E-state index >= 15 is 0 Å². The van der Waals surface area contributed by atoms with Gasteiger partial charge in [0.25, 0.3) is 5.91 Å². The fraction of sp³-hybridized carbons (Fsp3) is 0.594. The second kappa shape index (κ2) is 10.6. The molecular formula is C32H44N4O9. The number of phenolic OH excluding ortho intramolecular Hbond substituents is 1. The number of hydrogen-bond acceptors (Lipinski definition) is 12. The summed E-state index contributed by atoms with van der Waals surface area (Å²) < 4.78 is 0. The fourth-order valence-electron chi connectivity index (χ4n) is 8.26. The number of ketones is 2. The molecule has 1 heterocycles. The van der Waals surface area contributed by atoms with Crippen LogP contribution in [0.3, 0.4) is 0 Å². The highest BCUT2D eigenvalue weighted by molar-refractivity contribution is 6.25. The predicted molar refractivity (Wildman–Crippen MR) is 162 cm³/mol. The fourth-order valence-corrected chi connectivity index (χ4v) is 8.26. The molecular weight excluding hydrogens is 584 g/mol. The van der Waals surface area contributed by atoms with Crippen molar-refractivity contribution in [3.8, 4) is 5.75 Å². The van der Waals surface area contributed by atoms with Gasteiger partial charge in [-0.15, -0.1) is 0 Å². The summed E-state index contributed by atoms with van der Waals surface area (Å²) >= 11 is 0. The number of amides is 1. The van der Waals surface area contributed by atoms with Crippen LogP contribution in [-0.4, -0.2) is 108 Å². The van der Waals surface area contributed by atoms with Gasteiger partial charge in [0.15, 0.2) is 11.4 Å². The van der Waals surface area contributed by atoms with E-state index in [1.807, 2.05) is 27.7 Å². The van der Waals surface area contributed by atoms with Crippen LogP contribution in [-0.2, 0) is 20.0 Å². The molecule has 1 aliphatic heterocycles. The van der Waals surface area contributed by atoms with E-state index in [0.29, 0.717) is 12.8 Å². The molecule has 0 spiro atoms. The van der Waals surface area contributed by atoms with E-state index in [0.717, 1.165) is 0 Å². The maximum atomic E-state index is 14.2. The van der Waals surface area contributed by atoms with Gasteiger partial charge in [-0.05, 0) is 79.6 Å². The maximum Gasteiger partial charge on any atom is 0.259 e. The molecule has 1 aromatic carbocycles. The molecule has 1 saturated heterocycles. The highest BCUT2D eigenvalue weighted by Crippen LogP contribution is 2.57. The summed E-state index contributed by atoms with van der Waals surface area (Å²) in [7, 11) is 3.08. The molecule has 3 unspecified atom stereocenters. The van der Waals surface area contributed by atoms with Crippen molar-refractivity contribution in [2.75, 3.05) is 20.8 Å². The summed E-state index contributed by atoms with van der Waals surface area (Å²) in [6.07, 6.45) is 0.890. The minimum Gasteiger partial charge on any atom is -0.508 e. The number of nitrogens with zero attached hydrogens (tertiary/aromatic N) is 2. The van der Waals surface area contributed by atoms with Gasteiger partial charge in [-0.3, -0.25) is 24.6 Å². The van der Waals surface area contributed by atoms with Crippen molar-refractivity contribution in [2.24, 2.45) is 11.8 Å². The van der Waals surface area contributed by atoms with E-state index in [1.165, 1.54) is 35.1 Å². The summed E-state index contributed by atoms with van der Waals surface area (Å²) in [5.41, 5.74) is -6.90. The summed E-state index contributed by atoms with van der Waals surface area (Å²) in [5, 5.41) is 74.7. The number of Topliss-reactive ketones (excluding diaryl/α,β-unsaturated/α-hetero) is 2. The zero-order chi connectivity index (χ0) is 33.6. The van der Waals surface area contributed by atoms with Gasteiger partial charge in [-0.1, -0.05) is 12.1 Å². The number of carbonyl (C=O) groups excluding carboxylic acids is 3. The molecule has 5 atom stereocenters. The van der Waals surface area contributed by atoms with Gasteiger partial charge in [-0.25, -0.2) is 0 Å². The Kier molecular flexibility index (Phi) is 7.79. The maximum absolute atomic E-state index is 14.2. The summed E-state index contributed by atoms with van der Waals surface area (Å²) in [5.74, 6) is -7.56. The van der Waals surface area contributed by atoms with Crippen LogP contribution in [0.1, 0.15) is 65.0 Å². The molecule has 1 amide bonds. The number of benzene rings is 1. The third kappa shape index (κ3) is 4.79. The van der Waals surface area contributed by atoms with Gasteiger partial charge in [-0.2, -0.15) is 5.06 Å². The molecule has 8 N–H and O–H groups in total. The number of hydroxylamine groups is 2. The van der Waals surface area contributed by atoms with Crippen molar-refractivity contribution in [2.45, 2.75) is 88.2 Å². The minimum atomic E-state index is -2.79. The number of phenols is 1. The van der Waals surface area contributed by atoms with Crippen molar-refractivity contribution in [1.82, 2.24) is 20.6 Å². The van der Waals surface area contributed by atoms with Crippen molar-refractivity contribution in [1.29, 1.82) is 0 Å². The number of nitrogens with one attached hydrogen (secondary N) is 2. The van der Waals surface area contributed by atoms with E-state index in [2.05, 4.69) is 10.6 Å². The van der Waals surface area contributed by atoms with Crippen LogP contribution < -0.4 is 10.6 Å². The number of aliphatic hydroxyl groups excluding tert-OH is 2. The third-order valence-corrected chi connectivity index (χ3v) is 10.3. The SMILES string of the molecule is CN(C)[C@@H]1C(=O)C(C(=O)NCNC2CC(C)(C)N(O)C(C)(C)C2)=C(O)C2(O)C(=O)C3=C(O)c4c(O)cccc4[C@@](C)(O)C3CC12. The normalized spacial score (nSPS) is 33.2. The molecule has 0 radical (unpaired) electrons. The van der Waals surface area contributed by atoms with Gasteiger partial charge in [0, 0.05) is 34.5 Å². The van der Waals surface area contributed by atoms with E-state index in [4.69, 9.17) is 0 Å². The van der Waals surface area contributed by atoms with Gasteiger partial charge in [0.1, 0.15) is 22.8 Å². The van der Waals surface area contributed by atoms with Crippen molar-refractivity contribution in [3.05, 3.63) is 46.2 Å². The third-order valence-electron chi connectivity index (χ3n) is 10.3. The Morgan fingerprint density at radius 1 is 1.02 bits per heavy atom. The number of aromatic hydroxyl groups is 1. The Bertz CT molecular complexity index is 1510. The number of rotatable bonds is 5. The number of carbonyl (C=O) groups is 3. The number of hydrogen-bond donors (Lipinski definition) is 8. The van der Waals surface area contributed by atoms with Crippen molar-refractivity contribution < 1.29 is 45.1 Å². The number of likely N-dealkylation sites (N-methyl/N-ethyl adjacent to an activating group) is 1. The second-order valence-corrected chi connectivity index (χ2v) is 14.5. The Labute approximate surface area is 261 Å². The van der Waals surface area contributed by atoms with Crippen molar-refractivity contribution >= 4 is 23.2 Å². The van der Waals surface area contributed by atoms with Gasteiger partial charge >= 0.3 is 0 Å². The van der Waals surface area contributed by atoms with Crippen LogP contribution in [0.5, 0.6) is 5.75 Å². The second-order valence-electron chi connectivity index (χ2n) is 14.5. The van der Waals surface area contributed by atoms with Gasteiger partial charge in [0.2, 0.25) is 5.78 Å². The molecule has 4 aliphatic rings. The topological polar surface area (TPSA) is 203 Å². The Morgan fingerprint density at radius 2 is 1.62 bits per heavy atom. The molecule has 0 bridgehead atoms. The van der Waals surface area contributed by atoms with Crippen LogP contribution >= 0.6 is 0 Å². The Hall–Kier alpha value is -3.33. The van der Waals surface area contributed by atoms with E-state index in [9.17, 15) is 45.1 Å². The molecule has 1 aromatic rings. The number of fused-ring (bicyclic) bond motifs is 3.